The van der Waals surface area contributed by atoms with Gasteiger partial charge in [0.25, 0.3) is 0 Å². The lowest BCUT2D eigenvalue weighted by molar-refractivity contribution is 0.111. The Balaban J connectivity index is 2.33. The minimum absolute atomic E-state index is 0.448. The number of unbranched alkanes of at least 4 members (excludes halogenated alkanes) is 3. The van der Waals surface area contributed by atoms with E-state index in [-0.39, 0.29) is 0 Å². The zero-order valence-corrected chi connectivity index (χ0v) is 9.11. The zero-order chi connectivity index (χ0) is 10.9. The van der Waals surface area contributed by atoms with Crippen molar-refractivity contribution < 1.29 is 9.53 Å². The molecule has 0 spiro atoms. The second kappa shape index (κ2) is 6.98. The molecule has 0 radical (unpaired) electrons. The number of carbonyl (C=O) groups is 1. The van der Waals surface area contributed by atoms with Gasteiger partial charge in [0.05, 0.1) is 12.2 Å². The van der Waals surface area contributed by atoms with E-state index in [1.54, 1.807) is 18.3 Å². The molecule has 0 atom stereocenters. The number of hydrogen-bond donors (Lipinski definition) is 0. The maximum Gasteiger partial charge on any atom is 0.224 e. The summed E-state index contributed by atoms with van der Waals surface area (Å²) in [6.45, 7) is 2.81. The molecular formula is C12H17NO2. The quantitative estimate of drug-likeness (QED) is 0.509. The summed E-state index contributed by atoms with van der Waals surface area (Å²) >= 11 is 0. The van der Waals surface area contributed by atoms with E-state index in [2.05, 4.69) is 11.9 Å². The molecule has 0 bridgehead atoms. The van der Waals surface area contributed by atoms with E-state index in [0.29, 0.717) is 18.1 Å². The summed E-state index contributed by atoms with van der Waals surface area (Å²) in [7, 11) is 0. The van der Waals surface area contributed by atoms with Crippen LogP contribution >= 0.6 is 0 Å². The fourth-order valence-electron chi connectivity index (χ4n) is 1.31. The van der Waals surface area contributed by atoms with Gasteiger partial charge < -0.3 is 4.74 Å². The molecule has 1 rings (SSSR count). The summed E-state index contributed by atoms with van der Waals surface area (Å²) in [5.74, 6) is 0.448. The molecule has 0 aromatic carbocycles. The smallest absolute Gasteiger partial charge is 0.224 e. The van der Waals surface area contributed by atoms with Gasteiger partial charge in [-0.2, -0.15) is 0 Å². The summed E-state index contributed by atoms with van der Waals surface area (Å²) in [6, 6.07) is 3.44. The third kappa shape index (κ3) is 4.11. The predicted octanol–water partition coefficient (Wildman–Crippen LogP) is 2.85. The van der Waals surface area contributed by atoms with Gasteiger partial charge >= 0.3 is 0 Å². The van der Waals surface area contributed by atoms with Crippen molar-refractivity contribution in [1.29, 1.82) is 0 Å². The average Bonchev–Trinajstić information content (AvgIpc) is 2.29. The van der Waals surface area contributed by atoms with Crippen LogP contribution in [0.3, 0.4) is 0 Å². The van der Waals surface area contributed by atoms with E-state index >= 15 is 0 Å². The third-order valence-electron chi connectivity index (χ3n) is 2.16. The summed E-state index contributed by atoms with van der Waals surface area (Å²) in [6.07, 6.45) is 7.03. The lowest BCUT2D eigenvalue weighted by atomic mass is 10.2. The zero-order valence-electron chi connectivity index (χ0n) is 9.11. The van der Waals surface area contributed by atoms with Crippen molar-refractivity contribution in [1.82, 2.24) is 4.98 Å². The lowest BCUT2D eigenvalue weighted by Gasteiger charge is -2.06. The van der Waals surface area contributed by atoms with Gasteiger partial charge in [0.1, 0.15) is 0 Å². The van der Waals surface area contributed by atoms with Gasteiger partial charge in [-0.15, -0.1) is 0 Å². The Bertz CT molecular complexity index is 299. The SMILES string of the molecule is CCCCCCOc1ncccc1C=O. The highest BCUT2D eigenvalue weighted by atomic mass is 16.5. The highest BCUT2D eigenvalue weighted by Crippen LogP contribution is 2.12. The van der Waals surface area contributed by atoms with Gasteiger partial charge in [-0.1, -0.05) is 26.2 Å². The largest absolute Gasteiger partial charge is 0.477 e. The van der Waals surface area contributed by atoms with Crippen LogP contribution in [0.25, 0.3) is 0 Å². The van der Waals surface area contributed by atoms with Crippen LogP contribution in [0.4, 0.5) is 0 Å². The first kappa shape index (κ1) is 11.7. The van der Waals surface area contributed by atoms with Crippen molar-refractivity contribution in [3.8, 4) is 5.88 Å². The van der Waals surface area contributed by atoms with E-state index in [1.807, 2.05) is 0 Å². The molecule has 3 nitrogen and oxygen atoms in total. The second-order valence-corrected chi connectivity index (χ2v) is 3.42. The monoisotopic (exact) mass is 207 g/mol. The topological polar surface area (TPSA) is 39.2 Å². The van der Waals surface area contributed by atoms with Crippen LogP contribution in [0, 0.1) is 0 Å². The van der Waals surface area contributed by atoms with Gasteiger partial charge in [-0.05, 0) is 18.6 Å². The van der Waals surface area contributed by atoms with Gasteiger partial charge in [0.15, 0.2) is 6.29 Å². The molecular weight excluding hydrogens is 190 g/mol. The molecule has 0 saturated carbocycles. The summed E-state index contributed by atoms with van der Waals surface area (Å²) in [5.41, 5.74) is 0.521. The van der Waals surface area contributed by atoms with Crippen LogP contribution < -0.4 is 4.74 Å². The standard InChI is InChI=1S/C12H17NO2/c1-2-3-4-5-9-15-12-11(10-14)7-6-8-13-12/h6-8,10H,2-5,9H2,1H3. The second-order valence-electron chi connectivity index (χ2n) is 3.42. The molecule has 82 valence electrons. The Labute approximate surface area is 90.5 Å². The molecule has 15 heavy (non-hydrogen) atoms. The molecule has 1 aromatic heterocycles. The Hall–Kier alpha value is -1.38. The number of aldehydes is 1. The lowest BCUT2D eigenvalue weighted by Crippen LogP contribution is -2.01. The van der Waals surface area contributed by atoms with Crippen LogP contribution in [0.5, 0.6) is 5.88 Å². The van der Waals surface area contributed by atoms with E-state index in [9.17, 15) is 4.79 Å². The molecule has 0 aliphatic heterocycles. The Morgan fingerprint density at radius 3 is 3.00 bits per heavy atom. The van der Waals surface area contributed by atoms with Crippen LogP contribution in [0.1, 0.15) is 43.0 Å². The van der Waals surface area contributed by atoms with Gasteiger partial charge in [0, 0.05) is 6.20 Å². The van der Waals surface area contributed by atoms with Crippen molar-refractivity contribution >= 4 is 6.29 Å². The highest BCUT2D eigenvalue weighted by molar-refractivity contribution is 5.77. The molecule has 0 N–H and O–H groups in total. The van der Waals surface area contributed by atoms with E-state index in [0.717, 1.165) is 12.7 Å². The Morgan fingerprint density at radius 2 is 2.27 bits per heavy atom. The fourth-order valence-corrected chi connectivity index (χ4v) is 1.31. The molecule has 0 aliphatic carbocycles. The number of rotatable bonds is 7. The highest BCUT2D eigenvalue weighted by Gasteiger charge is 2.02. The first-order valence-corrected chi connectivity index (χ1v) is 5.41. The fraction of sp³-hybridized carbons (Fsp3) is 0.500. The number of aromatic nitrogens is 1. The van der Waals surface area contributed by atoms with Crippen molar-refractivity contribution in [2.75, 3.05) is 6.61 Å². The third-order valence-corrected chi connectivity index (χ3v) is 2.16. The van der Waals surface area contributed by atoms with Gasteiger partial charge in [-0.3, -0.25) is 4.79 Å². The van der Waals surface area contributed by atoms with Gasteiger partial charge in [-0.25, -0.2) is 4.98 Å². The number of ether oxygens (including phenoxy) is 1. The number of nitrogens with zero attached hydrogens (tertiary/aromatic N) is 1. The Morgan fingerprint density at radius 1 is 1.40 bits per heavy atom. The maximum atomic E-state index is 10.6. The molecule has 0 unspecified atom stereocenters. The van der Waals surface area contributed by atoms with Crippen LogP contribution in [-0.2, 0) is 0 Å². The molecule has 0 amide bonds. The normalized spacial score (nSPS) is 9.93. The minimum Gasteiger partial charge on any atom is -0.477 e. The molecule has 1 heterocycles. The predicted molar refractivity (Wildman–Crippen MR) is 59.3 cm³/mol. The molecule has 0 fully saturated rings. The summed E-state index contributed by atoms with van der Waals surface area (Å²) < 4.78 is 5.43. The maximum absolute atomic E-state index is 10.6. The number of pyridine rings is 1. The van der Waals surface area contributed by atoms with Crippen molar-refractivity contribution in [2.45, 2.75) is 32.6 Å². The Kier molecular flexibility index (Phi) is 5.44. The molecule has 0 saturated heterocycles. The van der Waals surface area contributed by atoms with Crippen molar-refractivity contribution in [3.05, 3.63) is 23.9 Å². The summed E-state index contributed by atoms with van der Waals surface area (Å²) in [5, 5.41) is 0. The first-order valence-electron chi connectivity index (χ1n) is 5.41. The first-order chi connectivity index (χ1) is 7.38. The average molecular weight is 207 g/mol. The van der Waals surface area contributed by atoms with Crippen LogP contribution in [0.2, 0.25) is 0 Å². The number of hydrogen-bond acceptors (Lipinski definition) is 3. The summed E-state index contributed by atoms with van der Waals surface area (Å²) in [4.78, 5) is 14.7. The van der Waals surface area contributed by atoms with E-state index < -0.39 is 0 Å². The van der Waals surface area contributed by atoms with Crippen molar-refractivity contribution in [3.63, 3.8) is 0 Å². The van der Waals surface area contributed by atoms with Crippen LogP contribution in [0.15, 0.2) is 18.3 Å². The van der Waals surface area contributed by atoms with Crippen LogP contribution in [-0.4, -0.2) is 17.9 Å². The van der Waals surface area contributed by atoms with Gasteiger partial charge in [0.2, 0.25) is 5.88 Å². The molecule has 0 aliphatic rings. The van der Waals surface area contributed by atoms with E-state index in [4.69, 9.17) is 4.74 Å². The van der Waals surface area contributed by atoms with Crippen molar-refractivity contribution in [2.24, 2.45) is 0 Å². The molecule has 3 heteroatoms. The molecule has 1 aromatic rings. The van der Waals surface area contributed by atoms with E-state index in [1.165, 1.54) is 19.3 Å². The minimum atomic E-state index is 0.448. The number of carbonyl (C=O) groups excluding carboxylic acids is 1.